The van der Waals surface area contributed by atoms with Crippen LogP contribution in [0.3, 0.4) is 0 Å². The van der Waals surface area contributed by atoms with Gasteiger partial charge >= 0.3 is 0 Å². The highest BCUT2D eigenvalue weighted by Gasteiger charge is 2.24. The van der Waals surface area contributed by atoms with Crippen LogP contribution in [-0.2, 0) is 10.0 Å². The fourth-order valence-corrected chi connectivity index (χ4v) is 5.17. The van der Waals surface area contributed by atoms with E-state index in [2.05, 4.69) is 15.3 Å². The molecule has 9 heteroatoms. The maximum atomic E-state index is 12.7. The SMILES string of the molecule is Cc1cc(C)nc(Sc2ccc(NC(=O)c3cccc(S(=O)(=O)N(C)C(C)C)c3)cc2)n1. The van der Waals surface area contributed by atoms with Gasteiger partial charge in [-0.3, -0.25) is 4.79 Å². The van der Waals surface area contributed by atoms with Gasteiger partial charge in [-0.2, -0.15) is 4.31 Å². The lowest BCUT2D eigenvalue weighted by atomic mass is 10.2. The zero-order chi connectivity index (χ0) is 23.5. The van der Waals surface area contributed by atoms with E-state index in [1.807, 2.05) is 32.0 Å². The van der Waals surface area contributed by atoms with E-state index in [0.717, 1.165) is 16.3 Å². The van der Waals surface area contributed by atoms with Crippen molar-refractivity contribution in [1.29, 1.82) is 0 Å². The van der Waals surface area contributed by atoms with Crippen LogP contribution in [0.1, 0.15) is 35.6 Å². The highest BCUT2D eigenvalue weighted by Crippen LogP contribution is 2.26. The zero-order valence-electron chi connectivity index (χ0n) is 18.7. The van der Waals surface area contributed by atoms with Gasteiger partial charge in [0.15, 0.2) is 5.16 Å². The molecule has 0 saturated heterocycles. The molecule has 0 fully saturated rings. The van der Waals surface area contributed by atoms with E-state index in [0.29, 0.717) is 10.8 Å². The molecule has 0 spiro atoms. The second-order valence-corrected chi connectivity index (χ2v) is 10.7. The molecule has 0 bridgehead atoms. The fraction of sp³-hybridized carbons (Fsp3) is 0.261. The monoisotopic (exact) mass is 470 g/mol. The third kappa shape index (κ3) is 5.73. The molecular weight excluding hydrogens is 444 g/mol. The summed E-state index contributed by atoms with van der Waals surface area (Å²) in [6.07, 6.45) is 0. The van der Waals surface area contributed by atoms with Gasteiger partial charge in [-0.1, -0.05) is 6.07 Å². The predicted octanol–water partition coefficient (Wildman–Crippen LogP) is 4.53. The van der Waals surface area contributed by atoms with Crippen LogP contribution in [0.2, 0.25) is 0 Å². The lowest BCUT2D eigenvalue weighted by molar-refractivity contribution is 0.102. The van der Waals surface area contributed by atoms with Crippen molar-refractivity contribution in [2.75, 3.05) is 12.4 Å². The standard InChI is InChI=1S/C23H26N4O3S2/c1-15(2)27(5)32(29,30)21-8-6-7-18(14-21)22(28)26-19-9-11-20(12-10-19)31-23-24-16(3)13-17(4)25-23/h6-15H,1-5H3,(H,26,28). The first-order valence-corrected chi connectivity index (χ1v) is 12.3. The first-order valence-electron chi connectivity index (χ1n) is 10.1. The Bertz CT molecular complexity index is 1210. The third-order valence-corrected chi connectivity index (χ3v) is 7.69. The number of benzene rings is 2. The van der Waals surface area contributed by atoms with E-state index in [9.17, 15) is 13.2 Å². The molecule has 3 rings (SSSR count). The molecule has 1 N–H and O–H groups in total. The summed E-state index contributed by atoms with van der Waals surface area (Å²) in [6.45, 7) is 7.45. The second kappa shape index (κ2) is 9.81. The van der Waals surface area contributed by atoms with Crippen molar-refractivity contribution < 1.29 is 13.2 Å². The van der Waals surface area contributed by atoms with Crippen molar-refractivity contribution >= 4 is 33.4 Å². The molecule has 0 saturated carbocycles. The zero-order valence-corrected chi connectivity index (χ0v) is 20.3. The number of sulfonamides is 1. The molecule has 0 aliphatic rings. The molecule has 0 aliphatic heterocycles. The van der Waals surface area contributed by atoms with Gasteiger partial charge in [-0.25, -0.2) is 18.4 Å². The van der Waals surface area contributed by atoms with E-state index in [1.165, 1.54) is 35.2 Å². The number of nitrogens with zero attached hydrogens (tertiary/aromatic N) is 3. The number of carbonyl (C=O) groups is 1. The van der Waals surface area contributed by atoms with Crippen LogP contribution in [0.15, 0.2) is 69.5 Å². The number of anilines is 1. The summed E-state index contributed by atoms with van der Waals surface area (Å²) in [5, 5.41) is 3.48. The van der Waals surface area contributed by atoms with Crippen LogP contribution >= 0.6 is 11.8 Å². The van der Waals surface area contributed by atoms with Gasteiger partial charge in [0.05, 0.1) is 4.90 Å². The van der Waals surface area contributed by atoms with Crippen molar-refractivity contribution in [3.8, 4) is 0 Å². The average Bonchev–Trinajstić information content (AvgIpc) is 2.73. The lowest BCUT2D eigenvalue weighted by Gasteiger charge is -2.21. The molecule has 2 aromatic carbocycles. The normalized spacial score (nSPS) is 11.7. The van der Waals surface area contributed by atoms with E-state index >= 15 is 0 Å². The molecule has 32 heavy (non-hydrogen) atoms. The quantitative estimate of drug-likeness (QED) is 0.510. The van der Waals surface area contributed by atoms with Crippen LogP contribution in [0.25, 0.3) is 0 Å². The van der Waals surface area contributed by atoms with Gasteiger partial charge in [0.1, 0.15) is 0 Å². The number of aryl methyl sites for hydroxylation is 2. The maximum absolute atomic E-state index is 12.7. The van der Waals surface area contributed by atoms with Gasteiger partial charge in [-0.05, 0) is 88.0 Å². The Hall–Kier alpha value is -2.75. The van der Waals surface area contributed by atoms with Crippen LogP contribution < -0.4 is 5.32 Å². The van der Waals surface area contributed by atoms with Crippen LogP contribution in [0, 0.1) is 13.8 Å². The first kappa shape index (κ1) is 23.9. The summed E-state index contributed by atoms with van der Waals surface area (Å²) in [6, 6.07) is 15.1. The van der Waals surface area contributed by atoms with E-state index in [-0.39, 0.29) is 22.4 Å². The summed E-state index contributed by atoms with van der Waals surface area (Å²) in [4.78, 5) is 22.6. The Morgan fingerprint density at radius 2 is 1.62 bits per heavy atom. The Balaban J connectivity index is 1.72. The molecule has 168 valence electrons. The van der Waals surface area contributed by atoms with E-state index in [4.69, 9.17) is 0 Å². The highest BCUT2D eigenvalue weighted by atomic mass is 32.2. The summed E-state index contributed by atoms with van der Waals surface area (Å²) in [5.41, 5.74) is 2.69. The molecular formula is C23H26N4O3S2. The number of hydrogen-bond donors (Lipinski definition) is 1. The van der Waals surface area contributed by atoms with Crippen LogP contribution in [-0.4, -0.2) is 41.7 Å². The Kier molecular flexibility index (Phi) is 7.33. The maximum Gasteiger partial charge on any atom is 0.255 e. The number of carbonyl (C=O) groups excluding carboxylic acids is 1. The van der Waals surface area contributed by atoms with Gasteiger partial charge in [0.25, 0.3) is 5.91 Å². The second-order valence-electron chi connectivity index (χ2n) is 7.66. The largest absolute Gasteiger partial charge is 0.322 e. The lowest BCUT2D eigenvalue weighted by Crippen LogP contribution is -2.33. The first-order chi connectivity index (χ1) is 15.1. The van der Waals surface area contributed by atoms with Gasteiger partial charge < -0.3 is 5.32 Å². The van der Waals surface area contributed by atoms with Crippen molar-refractivity contribution in [3.63, 3.8) is 0 Å². The van der Waals surface area contributed by atoms with Crippen molar-refractivity contribution in [1.82, 2.24) is 14.3 Å². The Morgan fingerprint density at radius 3 is 2.22 bits per heavy atom. The summed E-state index contributed by atoms with van der Waals surface area (Å²) < 4.78 is 26.7. The van der Waals surface area contributed by atoms with Crippen molar-refractivity contribution in [2.45, 2.75) is 48.7 Å². The Labute approximate surface area is 193 Å². The molecule has 7 nitrogen and oxygen atoms in total. The summed E-state index contributed by atoms with van der Waals surface area (Å²) >= 11 is 1.44. The van der Waals surface area contributed by atoms with Crippen LogP contribution in [0.5, 0.6) is 0 Å². The average molecular weight is 471 g/mol. The molecule has 0 atom stereocenters. The fourth-order valence-electron chi connectivity index (χ4n) is 2.90. The number of hydrogen-bond acceptors (Lipinski definition) is 6. The molecule has 3 aromatic rings. The van der Waals surface area contributed by atoms with Gasteiger partial charge in [-0.15, -0.1) is 0 Å². The topological polar surface area (TPSA) is 92.3 Å². The molecule has 1 aromatic heterocycles. The molecule has 0 aliphatic carbocycles. The Morgan fingerprint density at radius 1 is 1.00 bits per heavy atom. The highest BCUT2D eigenvalue weighted by molar-refractivity contribution is 7.99. The smallest absolute Gasteiger partial charge is 0.255 e. The number of rotatable bonds is 7. The minimum atomic E-state index is -3.67. The third-order valence-electron chi connectivity index (χ3n) is 4.78. The predicted molar refractivity (Wildman–Crippen MR) is 127 cm³/mol. The minimum absolute atomic E-state index is 0.0848. The molecule has 1 heterocycles. The number of amides is 1. The minimum Gasteiger partial charge on any atom is -0.322 e. The van der Waals surface area contributed by atoms with Gasteiger partial charge in [0, 0.05) is 40.6 Å². The summed E-state index contributed by atoms with van der Waals surface area (Å²) in [5.74, 6) is -0.382. The number of nitrogens with one attached hydrogen (secondary N) is 1. The molecule has 0 unspecified atom stereocenters. The van der Waals surface area contributed by atoms with Crippen LogP contribution in [0.4, 0.5) is 5.69 Å². The van der Waals surface area contributed by atoms with E-state index in [1.54, 1.807) is 38.1 Å². The summed E-state index contributed by atoms with van der Waals surface area (Å²) in [7, 11) is -2.15. The van der Waals surface area contributed by atoms with Gasteiger partial charge in [0.2, 0.25) is 10.0 Å². The number of aromatic nitrogens is 2. The van der Waals surface area contributed by atoms with Crippen molar-refractivity contribution in [3.05, 3.63) is 71.5 Å². The molecule has 1 amide bonds. The van der Waals surface area contributed by atoms with E-state index < -0.39 is 10.0 Å². The molecule has 0 radical (unpaired) electrons. The van der Waals surface area contributed by atoms with Crippen molar-refractivity contribution in [2.24, 2.45) is 0 Å².